The van der Waals surface area contributed by atoms with E-state index in [0.717, 1.165) is 12.5 Å². The maximum Gasteiger partial charge on any atom is 0.0695 e. The summed E-state index contributed by atoms with van der Waals surface area (Å²) >= 11 is 0. The van der Waals surface area contributed by atoms with Crippen molar-refractivity contribution in [3.05, 3.63) is 0 Å². The first kappa shape index (κ1) is 14.3. The molecule has 106 valence electrons. The Kier molecular flexibility index (Phi) is 5.97. The monoisotopic (exact) mass is 253 g/mol. The van der Waals surface area contributed by atoms with Gasteiger partial charge in [0, 0.05) is 12.1 Å². The first-order valence-corrected chi connectivity index (χ1v) is 8.19. The van der Waals surface area contributed by atoms with Gasteiger partial charge in [0.2, 0.25) is 0 Å². The fourth-order valence-corrected chi connectivity index (χ4v) is 3.86. The van der Waals surface area contributed by atoms with Crippen molar-refractivity contribution in [2.45, 2.75) is 95.2 Å². The average molecular weight is 253 g/mol. The Balaban J connectivity index is 1.92. The van der Waals surface area contributed by atoms with E-state index in [2.05, 4.69) is 11.9 Å². The Labute approximate surface area is 113 Å². The van der Waals surface area contributed by atoms with Gasteiger partial charge in [0.1, 0.15) is 0 Å². The second-order valence-electron chi connectivity index (χ2n) is 6.44. The third kappa shape index (κ3) is 3.96. The molecular formula is C16H31NO. The summed E-state index contributed by atoms with van der Waals surface area (Å²) in [5.41, 5.74) is 0. The highest BCUT2D eigenvalue weighted by Crippen LogP contribution is 2.27. The van der Waals surface area contributed by atoms with Crippen LogP contribution in [0.3, 0.4) is 0 Å². The molecule has 2 saturated carbocycles. The summed E-state index contributed by atoms with van der Waals surface area (Å²) < 4.78 is 0. The van der Waals surface area contributed by atoms with Crippen molar-refractivity contribution in [2.75, 3.05) is 7.05 Å². The van der Waals surface area contributed by atoms with E-state index >= 15 is 0 Å². The molecule has 0 radical (unpaired) electrons. The van der Waals surface area contributed by atoms with Crippen LogP contribution in [0.1, 0.15) is 77.0 Å². The standard InChI is InChI=1S/C16H31NO/c1-17(14-10-6-2-3-7-11-14)15-12-8-4-5-9-13-16(15)18/h14-16,18H,2-13H2,1H3. The highest BCUT2D eigenvalue weighted by molar-refractivity contribution is 4.84. The number of aliphatic hydroxyl groups is 1. The van der Waals surface area contributed by atoms with Crippen molar-refractivity contribution in [1.82, 2.24) is 4.90 Å². The van der Waals surface area contributed by atoms with Gasteiger partial charge in [-0.15, -0.1) is 0 Å². The molecule has 0 heterocycles. The van der Waals surface area contributed by atoms with E-state index in [1.54, 1.807) is 0 Å². The zero-order valence-corrected chi connectivity index (χ0v) is 12.1. The van der Waals surface area contributed by atoms with Gasteiger partial charge in [-0.05, 0) is 32.7 Å². The van der Waals surface area contributed by atoms with Crippen molar-refractivity contribution in [3.8, 4) is 0 Å². The number of aliphatic hydroxyl groups excluding tert-OH is 1. The molecule has 0 aromatic carbocycles. The quantitative estimate of drug-likeness (QED) is 0.758. The lowest BCUT2D eigenvalue weighted by molar-refractivity contribution is 0.0202. The molecule has 0 aromatic rings. The van der Waals surface area contributed by atoms with E-state index < -0.39 is 0 Å². The van der Waals surface area contributed by atoms with Gasteiger partial charge in [-0.3, -0.25) is 4.90 Å². The smallest absolute Gasteiger partial charge is 0.0695 e. The minimum absolute atomic E-state index is 0.0847. The summed E-state index contributed by atoms with van der Waals surface area (Å²) in [5, 5.41) is 10.4. The van der Waals surface area contributed by atoms with Crippen LogP contribution in [0.25, 0.3) is 0 Å². The number of nitrogens with zero attached hydrogens (tertiary/aromatic N) is 1. The van der Waals surface area contributed by atoms with E-state index in [1.165, 1.54) is 70.6 Å². The summed E-state index contributed by atoms with van der Waals surface area (Å²) in [7, 11) is 2.27. The predicted molar refractivity (Wildman–Crippen MR) is 76.7 cm³/mol. The highest BCUT2D eigenvalue weighted by Gasteiger charge is 2.29. The van der Waals surface area contributed by atoms with E-state index in [0.29, 0.717) is 6.04 Å². The molecule has 0 aliphatic heterocycles. The molecule has 2 aliphatic carbocycles. The Morgan fingerprint density at radius 1 is 0.722 bits per heavy atom. The first-order chi connectivity index (χ1) is 8.79. The topological polar surface area (TPSA) is 23.5 Å². The minimum Gasteiger partial charge on any atom is -0.391 e. The third-order valence-electron chi connectivity index (χ3n) is 5.12. The number of likely N-dealkylation sites (N-methyl/N-ethyl adjacent to an activating group) is 1. The van der Waals surface area contributed by atoms with Gasteiger partial charge in [-0.1, -0.05) is 51.4 Å². The van der Waals surface area contributed by atoms with Crippen molar-refractivity contribution >= 4 is 0 Å². The Bertz CT molecular complexity index is 223. The summed E-state index contributed by atoms with van der Waals surface area (Å²) in [4.78, 5) is 2.54. The van der Waals surface area contributed by atoms with Gasteiger partial charge in [0.15, 0.2) is 0 Å². The maximum atomic E-state index is 10.4. The van der Waals surface area contributed by atoms with E-state index in [-0.39, 0.29) is 6.10 Å². The fraction of sp³-hybridized carbons (Fsp3) is 1.00. The number of rotatable bonds is 2. The third-order valence-corrected chi connectivity index (χ3v) is 5.12. The van der Waals surface area contributed by atoms with Gasteiger partial charge in [-0.25, -0.2) is 0 Å². The lowest BCUT2D eigenvalue weighted by Crippen LogP contribution is -2.47. The zero-order chi connectivity index (χ0) is 12.8. The average Bonchev–Trinajstić information content (AvgIpc) is 2.62. The zero-order valence-electron chi connectivity index (χ0n) is 12.1. The van der Waals surface area contributed by atoms with E-state index in [9.17, 15) is 5.11 Å². The van der Waals surface area contributed by atoms with E-state index in [1.807, 2.05) is 0 Å². The summed E-state index contributed by atoms with van der Waals surface area (Å²) in [5.74, 6) is 0. The van der Waals surface area contributed by atoms with Crippen molar-refractivity contribution in [3.63, 3.8) is 0 Å². The molecule has 2 fully saturated rings. The SMILES string of the molecule is CN(C1CCCCCC1)C1CCCCCCC1O. The van der Waals surface area contributed by atoms with Gasteiger partial charge in [0.05, 0.1) is 6.10 Å². The predicted octanol–water partition coefficient (Wildman–Crippen LogP) is 3.72. The van der Waals surface area contributed by atoms with Crippen LogP contribution >= 0.6 is 0 Å². The van der Waals surface area contributed by atoms with Crippen LogP contribution in [0.4, 0.5) is 0 Å². The maximum absolute atomic E-state index is 10.4. The highest BCUT2D eigenvalue weighted by atomic mass is 16.3. The minimum atomic E-state index is -0.0847. The second-order valence-corrected chi connectivity index (χ2v) is 6.44. The largest absolute Gasteiger partial charge is 0.391 e. The van der Waals surface area contributed by atoms with Crippen LogP contribution in [0.15, 0.2) is 0 Å². The van der Waals surface area contributed by atoms with Crippen LogP contribution < -0.4 is 0 Å². The van der Waals surface area contributed by atoms with Gasteiger partial charge in [0.25, 0.3) is 0 Å². The fourth-order valence-electron chi connectivity index (χ4n) is 3.86. The molecule has 2 rings (SSSR count). The van der Waals surface area contributed by atoms with Crippen molar-refractivity contribution in [1.29, 1.82) is 0 Å². The Morgan fingerprint density at radius 3 is 1.83 bits per heavy atom. The van der Waals surface area contributed by atoms with Crippen LogP contribution in [0.5, 0.6) is 0 Å². The molecule has 2 atom stereocenters. The molecule has 0 aromatic heterocycles. The van der Waals surface area contributed by atoms with Crippen LogP contribution in [0.2, 0.25) is 0 Å². The number of hydrogen-bond acceptors (Lipinski definition) is 2. The van der Waals surface area contributed by atoms with Crippen molar-refractivity contribution in [2.24, 2.45) is 0 Å². The van der Waals surface area contributed by atoms with Crippen LogP contribution in [-0.2, 0) is 0 Å². The van der Waals surface area contributed by atoms with Gasteiger partial charge >= 0.3 is 0 Å². The summed E-state index contributed by atoms with van der Waals surface area (Å²) in [6.45, 7) is 0. The Morgan fingerprint density at radius 2 is 1.22 bits per heavy atom. The molecular weight excluding hydrogens is 222 g/mol. The Hall–Kier alpha value is -0.0800. The molecule has 0 bridgehead atoms. The lowest BCUT2D eigenvalue weighted by atomic mass is 9.91. The molecule has 2 heteroatoms. The molecule has 2 aliphatic rings. The summed E-state index contributed by atoms with van der Waals surface area (Å²) in [6, 6.07) is 1.15. The van der Waals surface area contributed by atoms with Crippen LogP contribution in [-0.4, -0.2) is 35.2 Å². The normalized spacial score (nSPS) is 32.8. The van der Waals surface area contributed by atoms with E-state index in [4.69, 9.17) is 0 Å². The molecule has 2 nitrogen and oxygen atoms in total. The molecule has 1 N–H and O–H groups in total. The van der Waals surface area contributed by atoms with Crippen molar-refractivity contribution < 1.29 is 5.11 Å². The van der Waals surface area contributed by atoms with Gasteiger partial charge in [-0.2, -0.15) is 0 Å². The molecule has 0 saturated heterocycles. The molecule has 0 amide bonds. The molecule has 0 spiro atoms. The summed E-state index contributed by atoms with van der Waals surface area (Å²) in [6.07, 6.45) is 15.6. The van der Waals surface area contributed by atoms with Crippen LogP contribution in [0, 0.1) is 0 Å². The lowest BCUT2D eigenvalue weighted by Gasteiger charge is -2.38. The second kappa shape index (κ2) is 7.49. The molecule has 18 heavy (non-hydrogen) atoms. The molecule has 2 unspecified atom stereocenters. The number of hydrogen-bond donors (Lipinski definition) is 1. The first-order valence-electron chi connectivity index (χ1n) is 8.19. The van der Waals surface area contributed by atoms with Gasteiger partial charge < -0.3 is 5.11 Å².